The minimum atomic E-state index is 0.614. The van der Waals surface area contributed by atoms with Crippen LogP contribution in [-0.2, 0) is 6.42 Å². The number of nitrogens with one attached hydrogen (secondary N) is 1. The first kappa shape index (κ1) is 14.6. The quantitative estimate of drug-likeness (QED) is 0.770. The summed E-state index contributed by atoms with van der Waals surface area (Å²) in [4.78, 5) is 4.23. The number of hydrogen-bond acceptors (Lipinski definition) is 4. The van der Waals surface area contributed by atoms with E-state index in [4.69, 9.17) is 0 Å². The van der Waals surface area contributed by atoms with Gasteiger partial charge in [-0.15, -0.1) is 11.3 Å². The lowest BCUT2D eigenvalue weighted by molar-refractivity contribution is 0.292. The number of halogens is 1. The maximum absolute atomic E-state index is 3.79. The van der Waals surface area contributed by atoms with Crippen LogP contribution in [0.2, 0.25) is 0 Å². The van der Waals surface area contributed by atoms with Crippen LogP contribution in [0.5, 0.6) is 0 Å². The average Bonchev–Trinajstić information content (AvgIpc) is 2.81. The van der Waals surface area contributed by atoms with E-state index in [9.17, 15) is 0 Å². The van der Waals surface area contributed by atoms with Crippen molar-refractivity contribution in [2.75, 3.05) is 37.7 Å². The van der Waals surface area contributed by atoms with E-state index in [1.54, 1.807) is 10.4 Å². The topological polar surface area (TPSA) is 15.3 Å². The molecule has 1 atom stereocenters. The highest BCUT2D eigenvalue weighted by Crippen LogP contribution is 2.36. The van der Waals surface area contributed by atoms with Crippen molar-refractivity contribution in [1.82, 2.24) is 10.2 Å². The van der Waals surface area contributed by atoms with Crippen LogP contribution in [-0.4, -0.2) is 42.6 Å². The summed E-state index contributed by atoms with van der Waals surface area (Å²) >= 11 is 6.54. The molecule has 2 heterocycles. The fourth-order valence-electron chi connectivity index (χ4n) is 2.96. The first-order valence-electron chi connectivity index (χ1n) is 7.14. The van der Waals surface area contributed by atoms with Gasteiger partial charge >= 0.3 is 0 Å². The first-order valence-corrected chi connectivity index (χ1v) is 10.2. The molecule has 0 aromatic carbocycles. The van der Waals surface area contributed by atoms with Gasteiger partial charge in [-0.3, -0.25) is 0 Å². The third-order valence-electron chi connectivity index (χ3n) is 4.01. The molecule has 3 rings (SSSR count). The van der Waals surface area contributed by atoms with Crippen molar-refractivity contribution >= 4 is 45.7 Å². The van der Waals surface area contributed by atoms with Crippen LogP contribution < -0.4 is 5.32 Å². The molecular weight excluding hydrogens is 387 g/mol. The molecule has 0 amide bonds. The molecule has 106 valence electrons. The van der Waals surface area contributed by atoms with Crippen molar-refractivity contribution < 1.29 is 0 Å². The van der Waals surface area contributed by atoms with Gasteiger partial charge in [0.2, 0.25) is 0 Å². The number of aryl methyl sites for hydroxylation is 1. The fraction of sp³-hybridized carbons (Fsp3) is 0.714. The summed E-state index contributed by atoms with van der Waals surface area (Å²) < 4.78 is 1.45. The highest BCUT2D eigenvalue weighted by Gasteiger charge is 2.22. The van der Waals surface area contributed by atoms with Crippen molar-refractivity contribution in [1.29, 1.82) is 0 Å². The predicted octanol–water partition coefficient (Wildman–Crippen LogP) is 3.37. The van der Waals surface area contributed by atoms with E-state index in [1.807, 2.05) is 11.3 Å². The van der Waals surface area contributed by atoms with Gasteiger partial charge in [0.25, 0.3) is 0 Å². The minimum Gasteiger partial charge on any atom is -0.309 e. The number of fused-ring (bicyclic) bond motifs is 1. The lowest BCUT2D eigenvalue weighted by atomic mass is 9.94. The van der Waals surface area contributed by atoms with Gasteiger partial charge < -0.3 is 10.2 Å². The van der Waals surface area contributed by atoms with Gasteiger partial charge in [0.15, 0.2) is 0 Å². The molecule has 0 saturated carbocycles. The molecule has 19 heavy (non-hydrogen) atoms. The second kappa shape index (κ2) is 7.11. The molecule has 1 unspecified atom stereocenters. The monoisotopic (exact) mass is 408 g/mol. The van der Waals surface area contributed by atoms with Crippen molar-refractivity contribution in [3.8, 4) is 0 Å². The number of nitrogens with zero attached hydrogens (tertiary/aromatic N) is 1. The molecule has 2 nitrogen and oxygen atoms in total. The van der Waals surface area contributed by atoms with E-state index in [0.717, 1.165) is 6.54 Å². The Morgan fingerprint density at radius 3 is 3.05 bits per heavy atom. The van der Waals surface area contributed by atoms with Crippen molar-refractivity contribution in [3.63, 3.8) is 0 Å². The van der Waals surface area contributed by atoms with Crippen LogP contribution in [0.1, 0.15) is 29.3 Å². The van der Waals surface area contributed by atoms with E-state index < -0.39 is 0 Å². The Bertz CT molecular complexity index is 416. The third kappa shape index (κ3) is 3.87. The SMILES string of the molecule is Ic1cc2c(s1)CCCC2NCCN1CCSCC1. The molecule has 1 aromatic rings. The maximum atomic E-state index is 3.79. The normalized spacial score (nSPS) is 24.4. The lowest BCUT2D eigenvalue weighted by Gasteiger charge is -2.28. The Labute approximate surface area is 137 Å². The highest BCUT2D eigenvalue weighted by molar-refractivity contribution is 14.1. The van der Waals surface area contributed by atoms with Gasteiger partial charge in [0.1, 0.15) is 0 Å². The maximum Gasteiger partial charge on any atom is 0.0659 e. The van der Waals surface area contributed by atoms with E-state index >= 15 is 0 Å². The van der Waals surface area contributed by atoms with Gasteiger partial charge in [-0.25, -0.2) is 0 Å². The molecule has 0 bridgehead atoms. The smallest absolute Gasteiger partial charge is 0.0659 e. The van der Waals surface area contributed by atoms with Crippen LogP contribution in [0.4, 0.5) is 0 Å². The van der Waals surface area contributed by atoms with Crippen LogP contribution in [0.15, 0.2) is 6.07 Å². The van der Waals surface area contributed by atoms with Crippen LogP contribution in [0.3, 0.4) is 0 Å². The van der Waals surface area contributed by atoms with Crippen molar-refractivity contribution in [2.24, 2.45) is 0 Å². The lowest BCUT2D eigenvalue weighted by Crippen LogP contribution is -2.39. The van der Waals surface area contributed by atoms with Crippen LogP contribution >= 0.6 is 45.7 Å². The largest absolute Gasteiger partial charge is 0.309 e. The fourth-order valence-corrected chi connectivity index (χ4v) is 6.05. The van der Waals surface area contributed by atoms with Crippen molar-refractivity contribution in [2.45, 2.75) is 25.3 Å². The van der Waals surface area contributed by atoms with Crippen LogP contribution in [0.25, 0.3) is 0 Å². The van der Waals surface area contributed by atoms with Crippen LogP contribution in [0, 0.1) is 2.88 Å². The number of thiophene rings is 1. The molecule has 1 N–H and O–H groups in total. The first-order chi connectivity index (χ1) is 9.33. The summed E-state index contributed by atoms with van der Waals surface area (Å²) in [6, 6.07) is 3.01. The van der Waals surface area contributed by atoms with E-state index in [0.29, 0.717) is 6.04 Å². The minimum absolute atomic E-state index is 0.614. The molecule has 0 radical (unpaired) electrons. The summed E-state index contributed by atoms with van der Waals surface area (Å²) in [5, 5.41) is 3.79. The highest BCUT2D eigenvalue weighted by atomic mass is 127. The number of thioether (sulfide) groups is 1. The van der Waals surface area contributed by atoms with Gasteiger partial charge in [-0.2, -0.15) is 11.8 Å². The average molecular weight is 408 g/mol. The van der Waals surface area contributed by atoms with Gasteiger partial charge in [0, 0.05) is 48.6 Å². The van der Waals surface area contributed by atoms with Gasteiger partial charge in [-0.1, -0.05) is 0 Å². The number of rotatable bonds is 4. The van der Waals surface area contributed by atoms with Crippen molar-refractivity contribution in [3.05, 3.63) is 19.4 Å². The summed E-state index contributed by atoms with van der Waals surface area (Å²) in [5.41, 5.74) is 1.59. The molecule has 1 aromatic heterocycles. The second-order valence-electron chi connectivity index (χ2n) is 5.28. The Morgan fingerprint density at radius 1 is 1.37 bits per heavy atom. The van der Waals surface area contributed by atoms with E-state index in [-0.39, 0.29) is 0 Å². The zero-order chi connectivity index (χ0) is 13.1. The van der Waals surface area contributed by atoms with E-state index in [2.05, 4.69) is 50.6 Å². The molecule has 1 aliphatic carbocycles. The Hall–Kier alpha value is 0.700. The molecular formula is C14H21IN2S2. The molecule has 5 heteroatoms. The third-order valence-corrected chi connectivity index (χ3v) is 6.92. The molecule has 1 fully saturated rings. The standard InChI is InChI=1S/C14H21IN2S2/c15-14-10-11-12(2-1-3-13(11)19-14)16-4-5-17-6-8-18-9-7-17/h10,12,16H,1-9H2. The number of hydrogen-bond donors (Lipinski definition) is 1. The zero-order valence-corrected chi connectivity index (χ0v) is 15.0. The molecule has 1 saturated heterocycles. The summed E-state index contributed by atoms with van der Waals surface area (Å²) in [6.07, 6.45) is 3.96. The second-order valence-corrected chi connectivity index (χ2v) is 9.54. The predicted molar refractivity (Wildman–Crippen MR) is 94.5 cm³/mol. The van der Waals surface area contributed by atoms with Gasteiger partial charge in [-0.05, 0) is 53.5 Å². The Balaban J connectivity index is 1.50. The van der Waals surface area contributed by atoms with Gasteiger partial charge in [0.05, 0.1) is 2.88 Å². The molecule has 0 spiro atoms. The summed E-state index contributed by atoms with van der Waals surface area (Å²) in [7, 11) is 0. The summed E-state index contributed by atoms with van der Waals surface area (Å²) in [5.74, 6) is 2.63. The molecule has 2 aliphatic rings. The Morgan fingerprint density at radius 2 is 2.21 bits per heavy atom. The molecule has 1 aliphatic heterocycles. The van der Waals surface area contributed by atoms with E-state index in [1.165, 1.54) is 53.3 Å². The summed E-state index contributed by atoms with van der Waals surface area (Å²) in [6.45, 7) is 4.91. The Kier molecular flexibility index (Phi) is 5.48. The zero-order valence-electron chi connectivity index (χ0n) is 11.2.